The number of hydrogen-bond acceptors (Lipinski definition) is 4. The van der Waals surface area contributed by atoms with Crippen molar-refractivity contribution in [1.82, 2.24) is 10.2 Å². The van der Waals surface area contributed by atoms with E-state index in [9.17, 15) is 9.59 Å². The summed E-state index contributed by atoms with van der Waals surface area (Å²) in [5.41, 5.74) is 1.06. The Balaban J connectivity index is 1.73. The van der Waals surface area contributed by atoms with Crippen molar-refractivity contribution in [3.8, 4) is 11.5 Å². The molecular weight excluding hydrogens is 320 g/mol. The Morgan fingerprint density at radius 1 is 1.28 bits per heavy atom. The van der Waals surface area contributed by atoms with Crippen LogP contribution in [0.4, 0.5) is 0 Å². The highest BCUT2D eigenvalue weighted by Crippen LogP contribution is 2.28. The molecule has 0 aromatic heterocycles. The highest BCUT2D eigenvalue weighted by atomic mass is 16.5. The van der Waals surface area contributed by atoms with Crippen LogP contribution in [-0.2, 0) is 16.0 Å². The summed E-state index contributed by atoms with van der Waals surface area (Å²) in [6.45, 7) is 5.58. The minimum Gasteiger partial charge on any atom is -0.493 e. The van der Waals surface area contributed by atoms with Crippen LogP contribution < -0.4 is 14.8 Å². The molecule has 1 aromatic carbocycles. The van der Waals surface area contributed by atoms with Crippen molar-refractivity contribution in [2.24, 2.45) is 0 Å². The first kappa shape index (κ1) is 18.8. The molecule has 0 unspecified atom stereocenters. The molecule has 0 saturated carbocycles. The van der Waals surface area contributed by atoms with Gasteiger partial charge in [-0.05, 0) is 37.0 Å². The Labute approximate surface area is 148 Å². The zero-order valence-electron chi connectivity index (χ0n) is 14.8. The lowest BCUT2D eigenvalue weighted by Gasteiger charge is -2.15. The first-order valence-electron chi connectivity index (χ1n) is 8.59. The van der Waals surface area contributed by atoms with Gasteiger partial charge in [0.2, 0.25) is 5.91 Å². The van der Waals surface area contributed by atoms with E-state index in [2.05, 4.69) is 11.9 Å². The number of amides is 2. The Hall–Kier alpha value is -2.50. The topological polar surface area (TPSA) is 67.9 Å². The van der Waals surface area contributed by atoms with Gasteiger partial charge in [0, 0.05) is 26.1 Å². The largest absolute Gasteiger partial charge is 0.493 e. The Bertz CT molecular complexity index is 609. The molecule has 1 aliphatic heterocycles. The van der Waals surface area contributed by atoms with Crippen LogP contribution in [0.1, 0.15) is 24.8 Å². The summed E-state index contributed by atoms with van der Waals surface area (Å²) in [4.78, 5) is 25.6. The first-order chi connectivity index (χ1) is 12.1. The Morgan fingerprint density at radius 2 is 2.04 bits per heavy atom. The average molecular weight is 346 g/mol. The third kappa shape index (κ3) is 5.81. The van der Waals surface area contributed by atoms with Crippen molar-refractivity contribution in [1.29, 1.82) is 0 Å². The molecular formula is C19H26N2O4. The third-order valence-corrected chi connectivity index (χ3v) is 4.09. The number of allylic oxidation sites excluding steroid dienone is 1. The molecule has 1 aromatic rings. The molecule has 2 rings (SSSR count). The molecule has 2 amide bonds. The quantitative estimate of drug-likeness (QED) is 0.694. The van der Waals surface area contributed by atoms with Crippen LogP contribution in [-0.4, -0.2) is 50.1 Å². The number of carbonyl (C=O) groups is 2. The van der Waals surface area contributed by atoms with Gasteiger partial charge in [-0.25, -0.2) is 0 Å². The third-order valence-electron chi connectivity index (χ3n) is 4.09. The average Bonchev–Trinajstić information content (AvgIpc) is 3.15. The van der Waals surface area contributed by atoms with Gasteiger partial charge in [-0.1, -0.05) is 12.1 Å². The second-order valence-corrected chi connectivity index (χ2v) is 5.95. The monoisotopic (exact) mass is 346 g/mol. The van der Waals surface area contributed by atoms with Crippen molar-refractivity contribution in [3.63, 3.8) is 0 Å². The fraction of sp³-hybridized carbons (Fsp3) is 0.474. The SMILES string of the molecule is C=CCc1ccc(OCC(=O)NCCC(=O)N2CCCC2)c(OC)c1. The van der Waals surface area contributed by atoms with Gasteiger partial charge in [-0.3, -0.25) is 9.59 Å². The van der Waals surface area contributed by atoms with E-state index in [0.29, 0.717) is 24.5 Å². The lowest BCUT2D eigenvalue weighted by Crippen LogP contribution is -2.34. The molecule has 1 aliphatic rings. The fourth-order valence-corrected chi connectivity index (χ4v) is 2.75. The summed E-state index contributed by atoms with van der Waals surface area (Å²) in [6.07, 6.45) is 5.01. The molecule has 1 fully saturated rings. The van der Waals surface area contributed by atoms with E-state index >= 15 is 0 Å². The van der Waals surface area contributed by atoms with Gasteiger partial charge >= 0.3 is 0 Å². The predicted octanol–water partition coefficient (Wildman–Crippen LogP) is 1.93. The van der Waals surface area contributed by atoms with E-state index in [-0.39, 0.29) is 18.4 Å². The predicted molar refractivity (Wildman–Crippen MR) is 95.8 cm³/mol. The van der Waals surface area contributed by atoms with Crippen LogP contribution in [0.25, 0.3) is 0 Å². The van der Waals surface area contributed by atoms with Gasteiger partial charge in [0.1, 0.15) is 0 Å². The molecule has 0 bridgehead atoms. The maximum absolute atomic E-state index is 11.9. The van der Waals surface area contributed by atoms with Gasteiger partial charge in [0.25, 0.3) is 5.91 Å². The number of hydrogen-bond donors (Lipinski definition) is 1. The summed E-state index contributed by atoms with van der Waals surface area (Å²) in [5.74, 6) is 0.930. The van der Waals surface area contributed by atoms with E-state index in [0.717, 1.165) is 37.9 Å². The number of methoxy groups -OCH3 is 1. The minimum absolute atomic E-state index is 0.0956. The maximum Gasteiger partial charge on any atom is 0.257 e. The second kappa shape index (κ2) is 9.71. The Kier molecular flexibility index (Phi) is 7.32. The van der Waals surface area contributed by atoms with Crippen LogP contribution in [0.2, 0.25) is 0 Å². The van der Waals surface area contributed by atoms with Crippen molar-refractivity contribution >= 4 is 11.8 Å². The van der Waals surface area contributed by atoms with Gasteiger partial charge < -0.3 is 19.7 Å². The van der Waals surface area contributed by atoms with E-state index < -0.39 is 0 Å². The highest BCUT2D eigenvalue weighted by molar-refractivity contribution is 5.80. The van der Waals surface area contributed by atoms with Crippen LogP contribution in [0.5, 0.6) is 11.5 Å². The number of nitrogens with zero attached hydrogens (tertiary/aromatic N) is 1. The number of likely N-dealkylation sites (tertiary alicyclic amines) is 1. The summed E-state index contributed by atoms with van der Waals surface area (Å²) >= 11 is 0. The molecule has 6 heteroatoms. The molecule has 1 saturated heterocycles. The number of ether oxygens (including phenoxy) is 2. The van der Waals surface area contributed by atoms with Crippen LogP contribution in [0.15, 0.2) is 30.9 Å². The number of benzene rings is 1. The number of nitrogens with one attached hydrogen (secondary N) is 1. The first-order valence-corrected chi connectivity index (χ1v) is 8.59. The van der Waals surface area contributed by atoms with Crippen LogP contribution >= 0.6 is 0 Å². The van der Waals surface area contributed by atoms with E-state index in [1.807, 2.05) is 23.1 Å². The van der Waals surface area contributed by atoms with Gasteiger partial charge in [0.05, 0.1) is 7.11 Å². The van der Waals surface area contributed by atoms with Crippen molar-refractivity contribution in [2.45, 2.75) is 25.7 Å². The number of rotatable bonds is 9. The highest BCUT2D eigenvalue weighted by Gasteiger charge is 2.17. The molecule has 0 aliphatic carbocycles. The molecule has 0 spiro atoms. The molecule has 136 valence electrons. The summed E-state index contributed by atoms with van der Waals surface area (Å²) in [5, 5.41) is 2.71. The van der Waals surface area contributed by atoms with E-state index in [4.69, 9.17) is 9.47 Å². The van der Waals surface area contributed by atoms with Gasteiger partial charge in [0.15, 0.2) is 18.1 Å². The summed E-state index contributed by atoms with van der Waals surface area (Å²) < 4.78 is 10.8. The van der Waals surface area contributed by atoms with E-state index in [1.54, 1.807) is 13.2 Å². The minimum atomic E-state index is -0.258. The Morgan fingerprint density at radius 3 is 2.72 bits per heavy atom. The standard InChI is InChI=1S/C19H26N2O4/c1-3-6-15-7-8-16(17(13-15)24-2)25-14-18(22)20-10-9-19(23)21-11-4-5-12-21/h3,7-8,13H,1,4-6,9-12,14H2,2H3,(H,20,22). The van der Waals surface area contributed by atoms with Crippen molar-refractivity contribution in [2.75, 3.05) is 33.4 Å². The molecule has 1 heterocycles. The molecule has 1 N–H and O–H groups in total. The zero-order chi connectivity index (χ0) is 18.1. The normalized spacial score (nSPS) is 13.4. The second-order valence-electron chi connectivity index (χ2n) is 5.95. The van der Waals surface area contributed by atoms with Gasteiger partial charge in [-0.15, -0.1) is 6.58 Å². The zero-order valence-corrected chi connectivity index (χ0v) is 14.8. The lowest BCUT2D eigenvalue weighted by molar-refractivity contribution is -0.130. The maximum atomic E-state index is 11.9. The molecule has 6 nitrogen and oxygen atoms in total. The van der Waals surface area contributed by atoms with Crippen LogP contribution in [0.3, 0.4) is 0 Å². The van der Waals surface area contributed by atoms with Gasteiger partial charge in [-0.2, -0.15) is 0 Å². The fourth-order valence-electron chi connectivity index (χ4n) is 2.75. The molecule has 25 heavy (non-hydrogen) atoms. The number of carbonyl (C=O) groups excluding carboxylic acids is 2. The summed E-state index contributed by atoms with van der Waals surface area (Å²) in [6, 6.07) is 5.55. The summed E-state index contributed by atoms with van der Waals surface area (Å²) in [7, 11) is 1.56. The molecule has 0 radical (unpaired) electrons. The van der Waals surface area contributed by atoms with Crippen molar-refractivity contribution in [3.05, 3.63) is 36.4 Å². The van der Waals surface area contributed by atoms with E-state index in [1.165, 1.54) is 0 Å². The van der Waals surface area contributed by atoms with Crippen LogP contribution in [0, 0.1) is 0 Å². The van der Waals surface area contributed by atoms with Crippen molar-refractivity contribution < 1.29 is 19.1 Å². The molecule has 0 atom stereocenters. The smallest absolute Gasteiger partial charge is 0.257 e. The lowest BCUT2D eigenvalue weighted by atomic mass is 10.1.